The fourth-order valence-corrected chi connectivity index (χ4v) is 5.98. The predicted molar refractivity (Wildman–Crippen MR) is 152 cm³/mol. The summed E-state index contributed by atoms with van der Waals surface area (Å²) in [5.41, 5.74) is 0.917. The Kier molecular flexibility index (Phi) is 7.83. The number of nitrogens with one attached hydrogen (secondary N) is 1. The highest BCUT2D eigenvalue weighted by Gasteiger charge is 2.38. The van der Waals surface area contributed by atoms with Crippen molar-refractivity contribution in [3.05, 3.63) is 59.7 Å². The van der Waals surface area contributed by atoms with Crippen LogP contribution in [0.4, 0.5) is 20.5 Å². The minimum atomic E-state index is -0.950. The molecule has 0 spiro atoms. The number of nitrogens with zero attached hydrogens (tertiary/aromatic N) is 6. The van der Waals surface area contributed by atoms with E-state index in [2.05, 4.69) is 37.1 Å². The summed E-state index contributed by atoms with van der Waals surface area (Å²) in [7, 11) is 0. The van der Waals surface area contributed by atoms with Gasteiger partial charge in [0.25, 0.3) is 0 Å². The van der Waals surface area contributed by atoms with Gasteiger partial charge in [-0.15, -0.1) is 0 Å². The van der Waals surface area contributed by atoms with E-state index in [0.717, 1.165) is 44.2 Å². The Hall–Kier alpha value is -3.50. The van der Waals surface area contributed by atoms with Crippen molar-refractivity contribution in [2.75, 3.05) is 25.0 Å². The van der Waals surface area contributed by atoms with Crippen LogP contribution in [0, 0.1) is 24.5 Å². The number of hydrogen-bond donors (Lipinski definition) is 2. The SMILES string of the molecule is CCN1CCC([C@@](O)(CC)c2ccc(Nc3ncc(F)c(-c4cc(F)c5nc(C)n(C(C)C)c5c4)n3)nc2)CC1. The van der Waals surface area contributed by atoms with Crippen molar-refractivity contribution in [1.29, 1.82) is 0 Å². The molecule has 1 atom stereocenters. The zero-order chi connectivity index (χ0) is 28.6. The molecule has 10 heteroatoms. The van der Waals surface area contributed by atoms with E-state index in [1.54, 1.807) is 18.3 Å². The molecule has 0 aliphatic carbocycles. The maximum atomic E-state index is 15.0. The van der Waals surface area contributed by atoms with Crippen molar-refractivity contribution in [3.63, 3.8) is 0 Å². The Balaban J connectivity index is 1.40. The molecule has 212 valence electrons. The van der Waals surface area contributed by atoms with Crippen LogP contribution >= 0.6 is 0 Å². The maximum Gasteiger partial charge on any atom is 0.229 e. The van der Waals surface area contributed by atoms with Gasteiger partial charge in [0.2, 0.25) is 5.95 Å². The maximum absolute atomic E-state index is 15.0. The molecular weight excluding hydrogens is 512 g/mol. The van der Waals surface area contributed by atoms with Crippen molar-refractivity contribution in [3.8, 4) is 11.3 Å². The van der Waals surface area contributed by atoms with Gasteiger partial charge in [-0.05, 0) is 83.8 Å². The summed E-state index contributed by atoms with van der Waals surface area (Å²) >= 11 is 0. The molecule has 3 aromatic heterocycles. The summed E-state index contributed by atoms with van der Waals surface area (Å²) in [6, 6.07) is 6.64. The topological polar surface area (TPSA) is 92.0 Å². The quantitative estimate of drug-likeness (QED) is 0.273. The first-order valence-electron chi connectivity index (χ1n) is 14.0. The number of rotatable bonds is 8. The molecule has 2 N–H and O–H groups in total. The fraction of sp³-hybridized carbons (Fsp3) is 0.467. The van der Waals surface area contributed by atoms with Gasteiger partial charge in [0.05, 0.1) is 17.3 Å². The molecular formula is C30H37F2N7O. The van der Waals surface area contributed by atoms with Gasteiger partial charge in [-0.1, -0.05) is 19.9 Å². The van der Waals surface area contributed by atoms with Crippen LogP contribution in [0.1, 0.15) is 64.4 Å². The lowest BCUT2D eigenvalue weighted by atomic mass is 9.75. The number of imidazole rings is 1. The molecule has 8 nitrogen and oxygen atoms in total. The number of piperidine rings is 1. The number of aryl methyl sites for hydroxylation is 1. The molecule has 4 aromatic rings. The van der Waals surface area contributed by atoms with Crippen LogP contribution in [0.25, 0.3) is 22.3 Å². The predicted octanol–water partition coefficient (Wildman–Crippen LogP) is 6.13. The monoisotopic (exact) mass is 549 g/mol. The van der Waals surface area contributed by atoms with Gasteiger partial charge in [-0.2, -0.15) is 0 Å². The van der Waals surface area contributed by atoms with E-state index in [4.69, 9.17) is 0 Å². The van der Waals surface area contributed by atoms with Crippen LogP contribution in [-0.2, 0) is 5.60 Å². The molecule has 0 saturated carbocycles. The van der Waals surface area contributed by atoms with Crippen molar-refractivity contribution < 1.29 is 13.9 Å². The average Bonchev–Trinajstić information content (AvgIpc) is 3.30. The average molecular weight is 550 g/mol. The summed E-state index contributed by atoms with van der Waals surface area (Å²) in [6.07, 6.45) is 5.22. The summed E-state index contributed by atoms with van der Waals surface area (Å²) in [5, 5.41) is 14.6. The molecule has 1 saturated heterocycles. The Morgan fingerprint density at radius 1 is 1.05 bits per heavy atom. The summed E-state index contributed by atoms with van der Waals surface area (Å²) in [5.74, 6) is 0.227. The lowest BCUT2D eigenvalue weighted by Crippen LogP contribution is -2.43. The van der Waals surface area contributed by atoms with Crippen molar-refractivity contribution in [2.24, 2.45) is 5.92 Å². The molecule has 4 heterocycles. The summed E-state index contributed by atoms with van der Waals surface area (Å²) in [4.78, 5) is 19.7. The highest BCUT2D eigenvalue weighted by atomic mass is 19.1. The van der Waals surface area contributed by atoms with Gasteiger partial charge >= 0.3 is 0 Å². The van der Waals surface area contributed by atoms with Gasteiger partial charge in [0, 0.05) is 23.4 Å². The molecule has 0 bridgehead atoms. The van der Waals surface area contributed by atoms with E-state index < -0.39 is 17.2 Å². The summed E-state index contributed by atoms with van der Waals surface area (Å²) < 4.78 is 31.8. The van der Waals surface area contributed by atoms with Crippen molar-refractivity contribution in [2.45, 2.75) is 65.5 Å². The van der Waals surface area contributed by atoms with Crippen LogP contribution in [0.2, 0.25) is 0 Å². The Morgan fingerprint density at radius 3 is 2.42 bits per heavy atom. The smallest absolute Gasteiger partial charge is 0.229 e. The fourth-order valence-electron chi connectivity index (χ4n) is 5.98. The molecule has 40 heavy (non-hydrogen) atoms. The number of aliphatic hydroxyl groups is 1. The number of halogens is 2. The van der Waals surface area contributed by atoms with Gasteiger partial charge in [0.15, 0.2) is 11.6 Å². The standard InChI is InChI=1S/C30H37F2N7O/c1-6-30(40,21-10-12-38(7-2)13-11-21)22-8-9-26(33-16-22)36-29-34-17-24(32)27(37-29)20-14-23(31)28-25(15-20)39(18(3)4)19(5)35-28/h8-9,14-18,21,40H,6-7,10-13H2,1-5H3,(H,33,34,36,37)/t30-/m0/s1. The second kappa shape index (κ2) is 11.2. The molecule has 5 rings (SSSR count). The Morgan fingerprint density at radius 2 is 1.80 bits per heavy atom. The zero-order valence-electron chi connectivity index (χ0n) is 23.7. The number of benzene rings is 1. The number of likely N-dealkylation sites (tertiary alicyclic amines) is 1. The van der Waals surface area contributed by atoms with E-state index in [1.807, 2.05) is 38.3 Å². The largest absolute Gasteiger partial charge is 0.385 e. The normalized spacial score (nSPS) is 16.5. The minimum absolute atomic E-state index is 0.0251. The van der Waals surface area contributed by atoms with Crippen LogP contribution in [-0.4, -0.2) is 54.1 Å². The summed E-state index contributed by atoms with van der Waals surface area (Å²) in [6.45, 7) is 13.0. The molecule has 0 radical (unpaired) electrons. The third-order valence-corrected chi connectivity index (χ3v) is 8.21. The van der Waals surface area contributed by atoms with Crippen LogP contribution in [0.3, 0.4) is 0 Å². The highest BCUT2D eigenvalue weighted by molar-refractivity contribution is 5.83. The van der Waals surface area contributed by atoms with Crippen LogP contribution in [0.15, 0.2) is 36.7 Å². The van der Waals surface area contributed by atoms with E-state index >= 15 is 4.39 Å². The number of pyridine rings is 1. The molecule has 1 aliphatic heterocycles. The van der Waals surface area contributed by atoms with E-state index in [1.165, 1.54) is 6.07 Å². The van der Waals surface area contributed by atoms with Gasteiger partial charge in [-0.3, -0.25) is 0 Å². The molecule has 0 unspecified atom stereocenters. The molecule has 1 aromatic carbocycles. The van der Waals surface area contributed by atoms with Crippen molar-refractivity contribution >= 4 is 22.8 Å². The lowest BCUT2D eigenvalue weighted by Gasteiger charge is -2.41. The van der Waals surface area contributed by atoms with Crippen LogP contribution < -0.4 is 5.32 Å². The Bertz CT molecular complexity index is 1500. The number of hydrogen-bond acceptors (Lipinski definition) is 7. The van der Waals surface area contributed by atoms with E-state index in [0.29, 0.717) is 29.1 Å². The first-order valence-corrected chi connectivity index (χ1v) is 14.0. The zero-order valence-corrected chi connectivity index (χ0v) is 23.7. The Labute approximate surface area is 233 Å². The third-order valence-electron chi connectivity index (χ3n) is 8.21. The second-order valence-electron chi connectivity index (χ2n) is 10.9. The number of anilines is 2. The lowest BCUT2D eigenvalue weighted by molar-refractivity contribution is -0.0516. The van der Waals surface area contributed by atoms with E-state index in [9.17, 15) is 9.50 Å². The molecule has 1 fully saturated rings. The molecule has 1 aliphatic rings. The first kappa shape index (κ1) is 28.0. The minimum Gasteiger partial charge on any atom is -0.385 e. The van der Waals surface area contributed by atoms with Gasteiger partial charge < -0.3 is 19.9 Å². The third kappa shape index (κ3) is 5.17. The first-order chi connectivity index (χ1) is 19.1. The molecule has 0 amide bonds. The van der Waals surface area contributed by atoms with Crippen molar-refractivity contribution in [1.82, 2.24) is 29.4 Å². The van der Waals surface area contributed by atoms with Gasteiger partial charge in [-0.25, -0.2) is 28.7 Å². The second-order valence-corrected chi connectivity index (χ2v) is 10.9. The number of aromatic nitrogens is 5. The number of fused-ring (bicyclic) bond motifs is 1. The highest BCUT2D eigenvalue weighted by Crippen LogP contribution is 2.39. The van der Waals surface area contributed by atoms with Crippen LogP contribution in [0.5, 0.6) is 0 Å². The van der Waals surface area contributed by atoms with E-state index in [-0.39, 0.29) is 29.1 Å². The van der Waals surface area contributed by atoms with Gasteiger partial charge in [0.1, 0.15) is 22.9 Å².